The molecule has 0 aliphatic heterocycles. The number of Topliss-reactive ketones (excluding diaryl/α,β-unsaturated/α-hetero) is 1. The molecule has 0 amide bonds. The van der Waals surface area contributed by atoms with Crippen molar-refractivity contribution in [3.8, 4) is 11.3 Å². The van der Waals surface area contributed by atoms with Crippen molar-refractivity contribution in [2.24, 2.45) is 11.3 Å². The predicted octanol–water partition coefficient (Wildman–Crippen LogP) is 4.44. The van der Waals surface area contributed by atoms with Gasteiger partial charge in [-0.1, -0.05) is 57.2 Å². The molecular weight excluding hydrogens is 350 g/mol. The van der Waals surface area contributed by atoms with Crippen LogP contribution in [0.2, 0.25) is 0 Å². The molecule has 142 valence electrons. The standard InChI is InChI=1S/C23H23N3O2/c1-14(27)26-19(15-9-7-6-8-10-15)16-11-12-18-22(2,3)21(28)17(24-5)13-23(18,4)20(16)25-26/h6-10,13,18H,11-12H2,1-4H3/t18-,23-/m0/s1. The molecule has 4 rings (SSSR count). The van der Waals surface area contributed by atoms with Gasteiger partial charge in [-0.3, -0.25) is 4.79 Å². The number of fused-ring (bicyclic) bond motifs is 3. The molecule has 1 aromatic carbocycles. The smallest absolute Gasteiger partial charge is 0.244 e. The Labute approximate surface area is 164 Å². The Kier molecular flexibility index (Phi) is 3.94. The largest absolute Gasteiger partial charge is 0.307 e. The number of hydrogen-bond acceptors (Lipinski definition) is 3. The first kappa shape index (κ1) is 18.4. The second-order valence-corrected chi connectivity index (χ2v) is 8.54. The molecule has 0 bridgehead atoms. The molecule has 0 radical (unpaired) electrons. The van der Waals surface area contributed by atoms with Crippen LogP contribution in [0.5, 0.6) is 0 Å². The number of nitrogens with zero attached hydrogens (tertiary/aromatic N) is 3. The highest BCUT2D eigenvalue weighted by molar-refractivity contribution is 6.02. The zero-order valence-electron chi connectivity index (χ0n) is 16.6. The van der Waals surface area contributed by atoms with E-state index in [1.54, 1.807) is 6.08 Å². The van der Waals surface area contributed by atoms with Gasteiger partial charge in [0.2, 0.25) is 11.6 Å². The van der Waals surface area contributed by atoms with Crippen molar-refractivity contribution in [1.29, 1.82) is 0 Å². The third kappa shape index (κ3) is 2.34. The lowest BCUT2D eigenvalue weighted by molar-refractivity contribution is -0.128. The van der Waals surface area contributed by atoms with Crippen molar-refractivity contribution in [2.45, 2.75) is 46.0 Å². The van der Waals surface area contributed by atoms with Crippen molar-refractivity contribution in [2.75, 3.05) is 0 Å². The second-order valence-electron chi connectivity index (χ2n) is 8.54. The number of carbonyl (C=O) groups excluding carboxylic acids is 2. The molecule has 5 nitrogen and oxygen atoms in total. The number of benzene rings is 1. The van der Waals surface area contributed by atoms with Crippen molar-refractivity contribution in [1.82, 2.24) is 9.78 Å². The normalized spacial score (nSPS) is 25.3. The van der Waals surface area contributed by atoms with E-state index in [0.717, 1.165) is 35.4 Å². The summed E-state index contributed by atoms with van der Waals surface area (Å²) in [5.41, 5.74) is 2.62. The maximum atomic E-state index is 12.8. The van der Waals surface area contributed by atoms with E-state index in [0.29, 0.717) is 0 Å². The molecule has 1 heterocycles. The van der Waals surface area contributed by atoms with Crippen molar-refractivity contribution in [3.63, 3.8) is 0 Å². The number of ketones is 1. The number of allylic oxidation sites excluding steroid dienone is 2. The van der Waals surface area contributed by atoms with Crippen molar-refractivity contribution in [3.05, 3.63) is 64.8 Å². The fraction of sp³-hybridized carbons (Fsp3) is 0.391. The van der Waals surface area contributed by atoms with Gasteiger partial charge < -0.3 is 4.79 Å². The molecule has 0 N–H and O–H groups in total. The summed E-state index contributed by atoms with van der Waals surface area (Å²) in [6, 6.07) is 9.82. The summed E-state index contributed by atoms with van der Waals surface area (Å²) in [5.74, 6) is -0.207. The van der Waals surface area contributed by atoms with Crippen LogP contribution in [0.25, 0.3) is 16.1 Å². The van der Waals surface area contributed by atoms with Gasteiger partial charge >= 0.3 is 0 Å². The Hall–Kier alpha value is -3.00. The van der Waals surface area contributed by atoms with Crippen LogP contribution in [0.1, 0.15) is 50.2 Å². The molecule has 0 fully saturated rings. The lowest BCUT2D eigenvalue weighted by Crippen LogP contribution is -2.50. The molecular formula is C23H23N3O2. The van der Waals surface area contributed by atoms with E-state index in [1.165, 1.54) is 11.6 Å². The molecule has 2 aromatic rings. The SMILES string of the molecule is [C-]#[N+]C1=C[C@]2(C)c3nn(C(C)=O)c(-c4ccccc4)c3CC[C@H]2C(C)(C)C1=O. The third-order valence-electron chi connectivity index (χ3n) is 6.49. The molecule has 0 saturated heterocycles. The van der Waals surface area contributed by atoms with Gasteiger partial charge in [0.25, 0.3) is 0 Å². The Bertz CT molecular complexity index is 1070. The summed E-state index contributed by atoms with van der Waals surface area (Å²) in [5, 5.41) is 4.75. The van der Waals surface area contributed by atoms with Gasteiger partial charge in [-0.05, 0) is 18.8 Å². The summed E-state index contributed by atoms with van der Waals surface area (Å²) in [4.78, 5) is 28.7. The molecule has 0 unspecified atom stereocenters. The van der Waals surface area contributed by atoms with Crippen LogP contribution >= 0.6 is 0 Å². The first-order chi connectivity index (χ1) is 13.2. The first-order valence-electron chi connectivity index (χ1n) is 9.55. The van der Waals surface area contributed by atoms with Gasteiger partial charge in [-0.25, -0.2) is 4.85 Å². The average molecular weight is 373 g/mol. The van der Waals surface area contributed by atoms with E-state index < -0.39 is 10.8 Å². The maximum Gasteiger partial charge on any atom is 0.244 e. The molecule has 0 saturated carbocycles. The number of aromatic nitrogens is 2. The van der Waals surface area contributed by atoms with Crippen LogP contribution in [0.3, 0.4) is 0 Å². The molecule has 2 aliphatic rings. The number of carbonyl (C=O) groups is 2. The van der Waals surface area contributed by atoms with Crippen LogP contribution < -0.4 is 0 Å². The zero-order chi connectivity index (χ0) is 20.3. The Morgan fingerprint density at radius 1 is 1.25 bits per heavy atom. The summed E-state index contributed by atoms with van der Waals surface area (Å²) in [6.45, 7) is 14.9. The molecule has 0 spiro atoms. The van der Waals surface area contributed by atoms with E-state index in [9.17, 15) is 9.59 Å². The van der Waals surface area contributed by atoms with Gasteiger partial charge in [-0.2, -0.15) is 9.78 Å². The summed E-state index contributed by atoms with van der Waals surface area (Å²) >= 11 is 0. The highest BCUT2D eigenvalue weighted by atomic mass is 16.2. The first-order valence-corrected chi connectivity index (χ1v) is 9.55. The maximum absolute atomic E-state index is 12.8. The van der Waals surface area contributed by atoms with Gasteiger partial charge in [0.1, 0.15) is 0 Å². The minimum absolute atomic E-state index is 0.0319. The Balaban J connectivity index is 2.02. The van der Waals surface area contributed by atoms with E-state index in [1.807, 2.05) is 44.2 Å². The summed E-state index contributed by atoms with van der Waals surface area (Å²) < 4.78 is 1.49. The predicted molar refractivity (Wildman–Crippen MR) is 107 cm³/mol. The Morgan fingerprint density at radius 3 is 2.54 bits per heavy atom. The fourth-order valence-corrected chi connectivity index (χ4v) is 5.19. The minimum Gasteiger partial charge on any atom is -0.307 e. The van der Waals surface area contributed by atoms with Gasteiger partial charge in [-0.15, -0.1) is 0 Å². The van der Waals surface area contributed by atoms with Gasteiger partial charge in [0.15, 0.2) is 5.78 Å². The molecule has 28 heavy (non-hydrogen) atoms. The quantitative estimate of drug-likeness (QED) is 0.694. The number of hydrogen-bond donors (Lipinski definition) is 0. The van der Waals surface area contributed by atoms with Crippen LogP contribution in [0.15, 0.2) is 42.1 Å². The van der Waals surface area contributed by atoms with Crippen LogP contribution in [0, 0.1) is 17.9 Å². The van der Waals surface area contributed by atoms with E-state index in [4.69, 9.17) is 11.7 Å². The Morgan fingerprint density at radius 2 is 1.93 bits per heavy atom. The average Bonchev–Trinajstić information content (AvgIpc) is 3.07. The van der Waals surface area contributed by atoms with Crippen LogP contribution in [-0.4, -0.2) is 21.5 Å². The van der Waals surface area contributed by atoms with E-state index in [-0.39, 0.29) is 23.3 Å². The highest BCUT2D eigenvalue weighted by Crippen LogP contribution is 2.55. The molecule has 2 atom stereocenters. The zero-order valence-corrected chi connectivity index (χ0v) is 16.6. The van der Waals surface area contributed by atoms with Crippen molar-refractivity contribution < 1.29 is 9.59 Å². The lowest BCUT2D eigenvalue weighted by atomic mass is 9.53. The topological polar surface area (TPSA) is 56.3 Å². The highest BCUT2D eigenvalue weighted by Gasteiger charge is 2.55. The lowest BCUT2D eigenvalue weighted by Gasteiger charge is -2.49. The third-order valence-corrected chi connectivity index (χ3v) is 6.49. The van der Waals surface area contributed by atoms with E-state index in [2.05, 4.69) is 11.8 Å². The molecule has 5 heteroatoms. The summed E-state index contributed by atoms with van der Waals surface area (Å²) in [6.07, 6.45) is 3.36. The summed E-state index contributed by atoms with van der Waals surface area (Å²) in [7, 11) is 0. The molecule has 2 aliphatic carbocycles. The second kappa shape index (κ2) is 6.00. The van der Waals surface area contributed by atoms with Gasteiger partial charge in [0.05, 0.1) is 18.0 Å². The van der Waals surface area contributed by atoms with Gasteiger partial charge in [0, 0.05) is 28.9 Å². The van der Waals surface area contributed by atoms with E-state index >= 15 is 0 Å². The molecule has 1 aromatic heterocycles. The van der Waals surface area contributed by atoms with Crippen LogP contribution in [-0.2, 0) is 16.6 Å². The number of rotatable bonds is 1. The minimum atomic E-state index is -0.645. The van der Waals surface area contributed by atoms with Crippen molar-refractivity contribution >= 4 is 11.7 Å². The fourth-order valence-electron chi connectivity index (χ4n) is 5.19. The van der Waals surface area contributed by atoms with Crippen LogP contribution in [0.4, 0.5) is 0 Å². The monoisotopic (exact) mass is 373 g/mol.